The molecular weight excluding hydrogens is 230 g/mol. The van der Waals surface area contributed by atoms with E-state index < -0.39 is 0 Å². The summed E-state index contributed by atoms with van der Waals surface area (Å²) >= 11 is 1.62. The van der Waals surface area contributed by atoms with Crippen LogP contribution in [-0.4, -0.2) is 12.0 Å². The van der Waals surface area contributed by atoms with E-state index in [1.54, 1.807) is 11.8 Å². The Morgan fingerprint density at radius 3 is 2.18 bits per heavy atom. The van der Waals surface area contributed by atoms with E-state index in [4.69, 9.17) is 10.5 Å². The normalized spacial score (nSPS) is 12.1. The minimum Gasteiger partial charge on any atom is -0.491 e. The Labute approximate surface area is 106 Å². The first-order chi connectivity index (χ1) is 8.34. The highest BCUT2D eigenvalue weighted by atomic mass is 32.2. The minimum atomic E-state index is -0.0578. The number of hydrogen-bond donors (Lipinski definition) is 1. The molecule has 0 fully saturated rings. The summed E-state index contributed by atoms with van der Waals surface area (Å²) in [5.74, 6) is 0.858. The zero-order chi connectivity index (χ0) is 11.9. The molecule has 1 atom stereocenters. The number of para-hydroxylation sites is 1. The number of ether oxygens (including phenoxy) is 1. The first-order valence-electron chi connectivity index (χ1n) is 5.50. The summed E-state index contributed by atoms with van der Waals surface area (Å²) in [4.78, 5) is 1.16. The maximum atomic E-state index is 5.99. The molecular formula is C14H15NOS. The Hall–Kier alpha value is -1.45. The zero-order valence-corrected chi connectivity index (χ0v) is 10.3. The number of nitrogens with two attached hydrogens (primary N) is 1. The van der Waals surface area contributed by atoms with Crippen LogP contribution in [0.3, 0.4) is 0 Å². The quantitative estimate of drug-likeness (QED) is 0.649. The van der Waals surface area contributed by atoms with Crippen LogP contribution in [-0.2, 0) is 0 Å². The number of hydrogen-bond acceptors (Lipinski definition) is 3. The van der Waals surface area contributed by atoms with Crippen molar-refractivity contribution in [1.82, 2.24) is 0 Å². The molecule has 1 unspecified atom stereocenters. The molecule has 17 heavy (non-hydrogen) atoms. The summed E-state index contributed by atoms with van der Waals surface area (Å²) < 4.78 is 5.59. The van der Waals surface area contributed by atoms with Crippen LogP contribution in [0, 0.1) is 0 Å². The molecule has 2 aromatic rings. The molecule has 0 saturated heterocycles. The Balaban J connectivity index is 1.80. The molecule has 0 bridgehead atoms. The van der Waals surface area contributed by atoms with Crippen LogP contribution in [0.2, 0.25) is 0 Å². The molecule has 0 heterocycles. The topological polar surface area (TPSA) is 35.2 Å². The van der Waals surface area contributed by atoms with E-state index in [2.05, 4.69) is 0 Å². The third-order valence-electron chi connectivity index (χ3n) is 2.19. The first-order valence-corrected chi connectivity index (χ1v) is 6.38. The maximum absolute atomic E-state index is 5.99. The molecule has 88 valence electrons. The van der Waals surface area contributed by atoms with E-state index in [-0.39, 0.29) is 5.37 Å². The molecule has 0 aliphatic carbocycles. The Bertz CT molecular complexity index is 432. The standard InChI is InChI=1S/C14H15NOS/c15-14(17-13-9-5-2-6-10-13)11-16-12-7-3-1-4-8-12/h1-10,14H,11,15H2. The predicted octanol–water partition coefficient (Wildman–Crippen LogP) is 3.14. The largest absolute Gasteiger partial charge is 0.491 e. The summed E-state index contributed by atoms with van der Waals surface area (Å²) in [7, 11) is 0. The van der Waals surface area contributed by atoms with Crippen molar-refractivity contribution >= 4 is 11.8 Å². The molecule has 2 nitrogen and oxygen atoms in total. The monoisotopic (exact) mass is 245 g/mol. The van der Waals surface area contributed by atoms with Crippen LogP contribution in [0.5, 0.6) is 5.75 Å². The lowest BCUT2D eigenvalue weighted by atomic mass is 10.3. The molecule has 0 saturated carbocycles. The molecule has 0 aliphatic heterocycles. The van der Waals surface area contributed by atoms with Gasteiger partial charge in [-0.15, -0.1) is 11.8 Å². The van der Waals surface area contributed by atoms with Gasteiger partial charge in [0.15, 0.2) is 0 Å². The molecule has 0 aliphatic rings. The van der Waals surface area contributed by atoms with Gasteiger partial charge in [-0.3, -0.25) is 0 Å². The van der Waals surface area contributed by atoms with Gasteiger partial charge in [0, 0.05) is 4.90 Å². The van der Waals surface area contributed by atoms with Crippen molar-refractivity contribution in [1.29, 1.82) is 0 Å². The summed E-state index contributed by atoms with van der Waals surface area (Å²) in [6, 6.07) is 19.8. The van der Waals surface area contributed by atoms with Crippen LogP contribution < -0.4 is 10.5 Å². The fourth-order valence-corrected chi connectivity index (χ4v) is 2.20. The first kappa shape index (κ1) is 12.0. The van der Waals surface area contributed by atoms with E-state index in [0.29, 0.717) is 6.61 Å². The van der Waals surface area contributed by atoms with Crippen molar-refractivity contribution in [2.24, 2.45) is 5.73 Å². The predicted molar refractivity (Wildman–Crippen MR) is 72.2 cm³/mol. The zero-order valence-electron chi connectivity index (χ0n) is 9.45. The second-order valence-corrected chi connectivity index (χ2v) is 4.91. The van der Waals surface area contributed by atoms with Crippen molar-refractivity contribution < 1.29 is 4.74 Å². The van der Waals surface area contributed by atoms with Gasteiger partial charge in [0.2, 0.25) is 0 Å². The molecule has 2 aromatic carbocycles. The van der Waals surface area contributed by atoms with E-state index in [1.807, 2.05) is 60.7 Å². The summed E-state index contributed by atoms with van der Waals surface area (Å²) in [5.41, 5.74) is 5.99. The molecule has 0 radical (unpaired) electrons. The van der Waals surface area contributed by atoms with Crippen LogP contribution in [0.15, 0.2) is 65.6 Å². The van der Waals surface area contributed by atoms with Crippen molar-refractivity contribution in [2.45, 2.75) is 10.3 Å². The van der Waals surface area contributed by atoms with Gasteiger partial charge in [0.25, 0.3) is 0 Å². The lowest BCUT2D eigenvalue weighted by Gasteiger charge is -2.12. The Kier molecular flexibility index (Phi) is 4.47. The summed E-state index contributed by atoms with van der Waals surface area (Å²) in [5, 5.41) is -0.0578. The average Bonchev–Trinajstić information content (AvgIpc) is 2.39. The van der Waals surface area contributed by atoms with E-state index >= 15 is 0 Å². The van der Waals surface area contributed by atoms with Gasteiger partial charge in [0.1, 0.15) is 12.4 Å². The Morgan fingerprint density at radius 1 is 0.941 bits per heavy atom. The fourth-order valence-electron chi connectivity index (χ4n) is 1.40. The summed E-state index contributed by atoms with van der Waals surface area (Å²) in [6.07, 6.45) is 0. The van der Waals surface area contributed by atoms with Gasteiger partial charge in [-0.25, -0.2) is 0 Å². The molecule has 0 spiro atoms. The van der Waals surface area contributed by atoms with Gasteiger partial charge in [-0.1, -0.05) is 36.4 Å². The number of benzene rings is 2. The lowest BCUT2D eigenvalue weighted by molar-refractivity contribution is 0.319. The highest BCUT2D eigenvalue weighted by molar-refractivity contribution is 7.99. The summed E-state index contributed by atoms with van der Waals surface area (Å²) in [6.45, 7) is 0.504. The lowest BCUT2D eigenvalue weighted by Crippen LogP contribution is -2.23. The van der Waals surface area contributed by atoms with Gasteiger partial charge in [0.05, 0.1) is 5.37 Å². The minimum absolute atomic E-state index is 0.0578. The smallest absolute Gasteiger partial charge is 0.119 e. The third-order valence-corrected chi connectivity index (χ3v) is 3.17. The number of thioether (sulfide) groups is 1. The van der Waals surface area contributed by atoms with Crippen molar-refractivity contribution in [3.05, 3.63) is 60.7 Å². The molecule has 2 N–H and O–H groups in total. The number of rotatable bonds is 5. The van der Waals surface area contributed by atoms with Crippen LogP contribution in [0.4, 0.5) is 0 Å². The van der Waals surface area contributed by atoms with E-state index in [9.17, 15) is 0 Å². The van der Waals surface area contributed by atoms with Gasteiger partial charge in [-0.2, -0.15) is 0 Å². The van der Waals surface area contributed by atoms with Crippen molar-refractivity contribution in [2.75, 3.05) is 6.61 Å². The van der Waals surface area contributed by atoms with Crippen LogP contribution in [0.25, 0.3) is 0 Å². The highest BCUT2D eigenvalue weighted by Gasteiger charge is 2.05. The average molecular weight is 245 g/mol. The fraction of sp³-hybridized carbons (Fsp3) is 0.143. The van der Waals surface area contributed by atoms with E-state index in [1.165, 1.54) is 0 Å². The molecule has 0 aromatic heterocycles. The van der Waals surface area contributed by atoms with Crippen LogP contribution in [0.1, 0.15) is 0 Å². The third kappa shape index (κ3) is 4.13. The Morgan fingerprint density at radius 2 is 1.53 bits per heavy atom. The SMILES string of the molecule is NC(COc1ccccc1)Sc1ccccc1. The van der Waals surface area contributed by atoms with Gasteiger partial charge < -0.3 is 10.5 Å². The maximum Gasteiger partial charge on any atom is 0.119 e. The van der Waals surface area contributed by atoms with Crippen LogP contribution >= 0.6 is 11.8 Å². The second-order valence-electron chi connectivity index (χ2n) is 3.59. The van der Waals surface area contributed by atoms with E-state index in [0.717, 1.165) is 10.6 Å². The highest BCUT2D eigenvalue weighted by Crippen LogP contribution is 2.20. The van der Waals surface area contributed by atoms with Crippen molar-refractivity contribution in [3.63, 3.8) is 0 Å². The van der Waals surface area contributed by atoms with Gasteiger partial charge >= 0.3 is 0 Å². The molecule has 3 heteroatoms. The molecule has 0 amide bonds. The van der Waals surface area contributed by atoms with Gasteiger partial charge in [-0.05, 0) is 24.3 Å². The second kappa shape index (κ2) is 6.33. The van der Waals surface area contributed by atoms with Crippen molar-refractivity contribution in [3.8, 4) is 5.75 Å². The molecule has 2 rings (SSSR count).